The van der Waals surface area contributed by atoms with Crippen molar-refractivity contribution in [1.29, 1.82) is 0 Å². The van der Waals surface area contributed by atoms with Gasteiger partial charge in [-0.15, -0.1) is 0 Å². The van der Waals surface area contributed by atoms with Crippen LogP contribution in [0.15, 0.2) is 45.8 Å². The minimum absolute atomic E-state index is 0.0783. The van der Waals surface area contributed by atoms with Crippen LogP contribution in [0.2, 0.25) is 0 Å². The summed E-state index contributed by atoms with van der Waals surface area (Å²) in [5.74, 6) is -0.311. The van der Waals surface area contributed by atoms with Crippen molar-refractivity contribution in [2.24, 2.45) is 0 Å². The molecule has 2 nitrogen and oxygen atoms in total. The molecule has 2 aromatic rings. The molecule has 0 N–H and O–H groups in total. The number of rotatable bonds is 2. The van der Waals surface area contributed by atoms with Crippen molar-refractivity contribution in [3.63, 3.8) is 0 Å². The van der Waals surface area contributed by atoms with Gasteiger partial charge in [0, 0.05) is 16.7 Å². The van der Waals surface area contributed by atoms with E-state index in [0.717, 1.165) is 11.1 Å². The first-order valence-electron chi connectivity index (χ1n) is 5.17. The number of halogens is 2. The molecule has 88 valence electrons. The van der Waals surface area contributed by atoms with Crippen molar-refractivity contribution in [1.82, 2.24) is 4.57 Å². The zero-order valence-corrected chi connectivity index (χ0v) is 10.9. The zero-order valence-electron chi connectivity index (χ0n) is 9.28. The van der Waals surface area contributed by atoms with Crippen LogP contribution >= 0.6 is 15.9 Å². The lowest BCUT2D eigenvalue weighted by Crippen LogP contribution is -2.19. The molecular weight excluding hydrogens is 285 g/mol. The molecule has 4 heteroatoms. The second kappa shape index (κ2) is 4.84. The maximum absolute atomic E-state index is 13.2. The largest absolute Gasteiger partial charge is 0.311 e. The van der Waals surface area contributed by atoms with Gasteiger partial charge in [-0.3, -0.25) is 4.79 Å². The Kier molecular flexibility index (Phi) is 3.43. The molecule has 0 radical (unpaired) electrons. The number of nitrogens with zero attached hydrogens (tertiary/aromatic N) is 1. The Labute approximate surface area is 107 Å². The average molecular weight is 296 g/mol. The molecule has 1 heterocycles. The highest BCUT2D eigenvalue weighted by atomic mass is 79.9. The Hall–Kier alpha value is -1.42. The number of pyridine rings is 1. The maximum Gasteiger partial charge on any atom is 0.251 e. The summed E-state index contributed by atoms with van der Waals surface area (Å²) in [4.78, 5) is 11.7. The first-order valence-corrected chi connectivity index (χ1v) is 5.96. The van der Waals surface area contributed by atoms with Crippen molar-refractivity contribution in [2.45, 2.75) is 13.5 Å². The summed E-state index contributed by atoms with van der Waals surface area (Å²) < 4.78 is 15.4. The Balaban J connectivity index is 2.34. The molecule has 0 spiro atoms. The van der Waals surface area contributed by atoms with Gasteiger partial charge in [-0.1, -0.05) is 15.9 Å². The molecule has 17 heavy (non-hydrogen) atoms. The summed E-state index contributed by atoms with van der Waals surface area (Å²) in [7, 11) is 0. The molecular formula is C13H11BrFNO. The second-order valence-electron chi connectivity index (χ2n) is 3.95. The van der Waals surface area contributed by atoms with Crippen LogP contribution < -0.4 is 5.56 Å². The Morgan fingerprint density at radius 3 is 2.71 bits per heavy atom. The van der Waals surface area contributed by atoms with Crippen LogP contribution in [0.3, 0.4) is 0 Å². The SMILES string of the molecule is Cc1ccn(Cc2cc(F)cc(Br)c2)c(=O)c1. The molecule has 0 unspecified atom stereocenters. The number of hydrogen-bond donors (Lipinski definition) is 0. The Morgan fingerprint density at radius 1 is 1.29 bits per heavy atom. The third-order valence-electron chi connectivity index (χ3n) is 2.43. The first kappa shape index (κ1) is 12.0. The maximum atomic E-state index is 13.2. The Morgan fingerprint density at radius 2 is 2.06 bits per heavy atom. The third-order valence-corrected chi connectivity index (χ3v) is 2.88. The van der Waals surface area contributed by atoms with Crippen LogP contribution in [-0.2, 0) is 6.54 Å². The smallest absolute Gasteiger partial charge is 0.251 e. The first-order chi connectivity index (χ1) is 8.04. The topological polar surface area (TPSA) is 22.0 Å². The van der Waals surface area contributed by atoms with Crippen LogP contribution in [0.4, 0.5) is 4.39 Å². The number of aromatic nitrogens is 1. The van der Waals surface area contributed by atoms with Gasteiger partial charge >= 0.3 is 0 Å². The number of aryl methyl sites for hydroxylation is 1. The summed E-state index contributed by atoms with van der Waals surface area (Å²) in [5.41, 5.74) is 1.60. The molecule has 0 aliphatic heterocycles. The van der Waals surface area contributed by atoms with E-state index >= 15 is 0 Å². The summed E-state index contributed by atoms with van der Waals surface area (Å²) in [6, 6.07) is 8.04. The minimum atomic E-state index is -0.311. The lowest BCUT2D eigenvalue weighted by atomic mass is 10.2. The van der Waals surface area contributed by atoms with Crippen LogP contribution in [0.1, 0.15) is 11.1 Å². The molecule has 0 saturated carbocycles. The van der Waals surface area contributed by atoms with E-state index in [1.54, 1.807) is 22.9 Å². The summed E-state index contributed by atoms with van der Waals surface area (Å²) >= 11 is 3.23. The molecule has 0 amide bonds. The van der Waals surface area contributed by atoms with Crippen LogP contribution in [0.25, 0.3) is 0 Å². The molecule has 1 aromatic carbocycles. The van der Waals surface area contributed by atoms with Gasteiger partial charge in [0.2, 0.25) is 0 Å². The van der Waals surface area contributed by atoms with Crippen LogP contribution in [-0.4, -0.2) is 4.57 Å². The monoisotopic (exact) mass is 295 g/mol. The highest BCUT2D eigenvalue weighted by molar-refractivity contribution is 9.10. The van der Waals surface area contributed by atoms with Gasteiger partial charge in [0.1, 0.15) is 5.82 Å². The fourth-order valence-electron chi connectivity index (χ4n) is 1.64. The van der Waals surface area contributed by atoms with E-state index in [-0.39, 0.29) is 11.4 Å². The summed E-state index contributed by atoms with van der Waals surface area (Å²) in [6.07, 6.45) is 1.72. The minimum Gasteiger partial charge on any atom is -0.311 e. The molecule has 0 saturated heterocycles. The summed E-state index contributed by atoms with van der Waals surface area (Å²) in [6.45, 7) is 2.24. The average Bonchev–Trinajstić information content (AvgIpc) is 2.21. The van der Waals surface area contributed by atoms with Crippen molar-refractivity contribution >= 4 is 15.9 Å². The predicted molar refractivity (Wildman–Crippen MR) is 68.6 cm³/mol. The van der Waals surface area contributed by atoms with E-state index in [2.05, 4.69) is 15.9 Å². The van der Waals surface area contributed by atoms with Crippen molar-refractivity contribution in [3.8, 4) is 0 Å². The van der Waals surface area contributed by atoms with E-state index < -0.39 is 0 Å². The van der Waals surface area contributed by atoms with Crippen molar-refractivity contribution in [2.75, 3.05) is 0 Å². The second-order valence-corrected chi connectivity index (χ2v) is 4.86. The van der Waals surface area contributed by atoms with Crippen molar-refractivity contribution in [3.05, 3.63) is 68.3 Å². The molecule has 0 aliphatic rings. The van der Waals surface area contributed by atoms with Gasteiger partial charge < -0.3 is 4.57 Å². The third kappa shape index (κ3) is 3.03. The lowest BCUT2D eigenvalue weighted by molar-refractivity contribution is 0.621. The van der Waals surface area contributed by atoms with Gasteiger partial charge in [-0.2, -0.15) is 0 Å². The summed E-state index contributed by atoms with van der Waals surface area (Å²) in [5, 5.41) is 0. The Bertz CT molecular complexity index is 586. The molecule has 0 atom stereocenters. The highest BCUT2D eigenvalue weighted by Gasteiger charge is 2.01. The van der Waals surface area contributed by atoms with E-state index in [4.69, 9.17) is 0 Å². The molecule has 0 fully saturated rings. The van der Waals surface area contributed by atoms with Gasteiger partial charge in [-0.25, -0.2) is 4.39 Å². The van der Waals surface area contributed by atoms with Gasteiger partial charge in [0.25, 0.3) is 5.56 Å². The molecule has 1 aromatic heterocycles. The molecule has 0 bridgehead atoms. The van der Waals surface area contributed by atoms with Gasteiger partial charge in [0.05, 0.1) is 6.54 Å². The van der Waals surface area contributed by atoms with E-state index in [1.807, 2.05) is 13.0 Å². The van der Waals surface area contributed by atoms with Gasteiger partial charge in [0.15, 0.2) is 0 Å². The number of benzene rings is 1. The zero-order chi connectivity index (χ0) is 12.4. The number of hydrogen-bond acceptors (Lipinski definition) is 1. The van der Waals surface area contributed by atoms with E-state index in [1.165, 1.54) is 12.1 Å². The van der Waals surface area contributed by atoms with Crippen LogP contribution in [0.5, 0.6) is 0 Å². The fraction of sp³-hybridized carbons (Fsp3) is 0.154. The normalized spacial score (nSPS) is 10.5. The van der Waals surface area contributed by atoms with E-state index in [0.29, 0.717) is 11.0 Å². The lowest BCUT2D eigenvalue weighted by Gasteiger charge is -2.06. The standard InChI is InChI=1S/C13H11BrFNO/c1-9-2-3-16(13(17)4-9)8-10-5-11(14)7-12(15)6-10/h2-7H,8H2,1H3. The van der Waals surface area contributed by atoms with Crippen LogP contribution in [0, 0.1) is 12.7 Å². The quantitative estimate of drug-likeness (QED) is 0.834. The molecule has 0 aliphatic carbocycles. The van der Waals surface area contributed by atoms with Gasteiger partial charge in [-0.05, 0) is 42.3 Å². The molecule has 2 rings (SSSR count). The fourth-order valence-corrected chi connectivity index (χ4v) is 2.15. The highest BCUT2D eigenvalue weighted by Crippen LogP contribution is 2.15. The predicted octanol–water partition coefficient (Wildman–Crippen LogP) is 3.11. The van der Waals surface area contributed by atoms with E-state index in [9.17, 15) is 9.18 Å². The van der Waals surface area contributed by atoms with Crippen molar-refractivity contribution < 1.29 is 4.39 Å².